The van der Waals surface area contributed by atoms with E-state index >= 15 is 0 Å². The molecule has 0 bridgehead atoms. The highest BCUT2D eigenvalue weighted by molar-refractivity contribution is 6.29. The predicted octanol–water partition coefficient (Wildman–Crippen LogP) is 12.6. The quantitative estimate of drug-likeness (QED) is 0.192. The van der Waals surface area contributed by atoms with E-state index in [1.165, 1.54) is 71.2 Å². The number of aromatic nitrogens is 2. The molecule has 0 aliphatic rings. The molecular weight excluding hydrogens is 597 g/mol. The lowest BCUT2D eigenvalue weighted by molar-refractivity contribution is 0.669. The molecule has 11 rings (SSSR count). The zero-order valence-electron chi connectivity index (χ0n) is 26.5. The van der Waals surface area contributed by atoms with E-state index in [0.717, 1.165) is 27.6 Å². The SMILES string of the molecule is c1ccc2cc(-n3c4ccccc4c4c5c6ccccc6n(-c6ccc(-c7cccc8oc9ccccc9c78)cc6)c5ccc43)ccc2c1. The molecule has 0 unspecified atom stereocenters. The fraction of sp³-hybridized carbons (Fsp3) is 0. The minimum Gasteiger partial charge on any atom is -0.456 e. The highest BCUT2D eigenvalue weighted by atomic mass is 16.3. The molecule has 3 heterocycles. The maximum Gasteiger partial charge on any atom is 0.136 e. The van der Waals surface area contributed by atoms with Gasteiger partial charge in [0.15, 0.2) is 0 Å². The Kier molecular flexibility index (Phi) is 5.38. The summed E-state index contributed by atoms with van der Waals surface area (Å²) < 4.78 is 11.1. The van der Waals surface area contributed by atoms with Crippen molar-refractivity contribution < 1.29 is 4.42 Å². The van der Waals surface area contributed by atoms with Crippen LogP contribution >= 0.6 is 0 Å². The van der Waals surface area contributed by atoms with Gasteiger partial charge in [-0.3, -0.25) is 0 Å². The van der Waals surface area contributed by atoms with Gasteiger partial charge in [0.05, 0.1) is 22.1 Å². The van der Waals surface area contributed by atoms with E-state index in [2.05, 4.69) is 167 Å². The Bertz CT molecular complexity index is 3100. The second kappa shape index (κ2) is 9.96. The highest BCUT2D eigenvalue weighted by Crippen LogP contribution is 2.43. The smallest absolute Gasteiger partial charge is 0.136 e. The molecule has 0 radical (unpaired) electrons. The lowest BCUT2D eigenvalue weighted by atomic mass is 9.99. The topological polar surface area (TPSA) is 23.0 Å². The summed E-state index contributed by atoms with van der Waals surface area (Å²) >= 11 is 0. The van der Waals surface area contributed by atoms with Crippen LogP contribution in [-0.4, -0.2) is 9.13 Å². The second-order valence-corrected chi connectivity index (χ2v) is 12.9. The average molecular weight is 625 g/mol. The van der Waals surface area contributed by atoms with Crippen LogP contribution < -0.4 is 0 Å². The van der Waals surface area contributed by atoms with Crippen LogP contribution in [0.3, 0.4) is 0 Å². The fourth-order valence-corrected chi connectivity index (χ4v) is 8.20. The summed E-state index contributed by atoms with van der Waals surface area (Å²) in [6.45, 7) is 0. The van der Waals surface area contributed by atoms with E-state index in [4.69, 9.17) is 4.42 Å². The van der Waals surface area contributed by atoms with Gasteiger partial charge in [0.25, 0.3) is 0 Å². The van der Waals surface area contributed by atoms with Crippen molar-refractivity contribution in [2.45, 2.75) is 0 Å². The van der Waals surface area contributed by atoms with Gasteiger partial charge in [-0.05, 0) is 82.6 Å². The number of rotatable bonds is 3. The summed E-state index contributed by atoms with van der Waals surface area (Å²) in [7, 11) is 0. The summed E-state index contributed by atoms with van der Waals surface area (Å²) in [4.78, 5) is 0. The summed E-state index contributed by atoms with van der Waals surface area (Å²) in [5.74, 6) is 0. The molecule has 0 aliphatic heterocycles. The van der Waals surface area contributed by atoms with Gasteiger partial charge < -0.3 is 13.6 Å². The molecular formula is C46H28N2O. The molecule has 0 amide bonds. The number of hydrogen-bond donors (Lipinski definition) is 0. The van der Waals surface area contributed by atoms with Crippen molar-refractivity contribution in [3.05, 3.63) is 170 Å². The van der Waals surface area contributed by atoms with Crippen molar-refractivity contribution in [1.82, 2.24) is 9.13 Å². The van der Waals surface area contributed by atoms with Crippen molar-refractivity contribution in [3.8, 4) is 22.5 Å². The monoisotopic (exact) mass is 624 g/mol. The van der Waals surface area contributed by atoms with E-state index in [1.807, 2.05) is 12.1 Å². The van der Waals surface area contributed by atoms with Crippen LogP contribution in [0, 0.1) is 0 Å². The van der Waals surface area contributed by atoms with Crippen molar-refractivity contribution in [2.24, 2.45) is 0 Å². The Morgan fingerprint density at radius 1 is 0.347 bits per heavy atom. The summed E-state index contributed by atoms with van der Waals surface area (Å²) in [6, 6.07) is 61.3. The third-order valence-electron chi connectivity index (χ3n) is 10.3. The molecule has 8 aromatic carbocycles. The van der Waals surface area contributed by atoms with E-state index in [-0.39, 0.29) is 0 Å². The Labute approximate surface area is 281 Å². The first-order valence-electron chi connectivity index (χ1n) is 16.8. The number of benzene rings is 8. The fourth-order valence-electron chi connectivity index (χ4n) is 8.20. The molecule has 0 aliphatic carbocycles. The van der Waals surface area contributed by atoms with Crippen molar-refractivity contribution in [2.75, 3.05) is 0 Å². The van der Waals surface area contributed by atoms with Gasteiger partial charge in [0, 0.05) is 43.7 Å². The maximum absolute atomic E-state index is 6.20. The van der Waals surface area contributed by atoms with Crippen molar-refractivity contribution >= 4 is 76.3 Å². The minimum atomic E-state index is 0.914. The Morgan fingerprint density at radius 2 is 0.918 bits per heavy atom. The molecule has 3 nitrogen and oxygen atoms in total. The first-order chi connectivity index (χ1) is 24.3. The molecule has 3 heteroatoms. The number of nitrogens with zero attached hydrogens (tertiary/aromatic N) is 2. The van der Waals surface area contributed by atoms with Gasteiger partial charge in [-0.2, -0.15) is 0 Å². The van der Waals surface area contributed by atoms with E-state index < -0.39 is 0 Å². The van der Waals surface area contributed by atoms with Gasteiger partial charge >= 0.3 is 0 Å². The molecule has 3 aromatic heterocycles. The largest absolute Gasteiger partial charge is 0.456 e. The zero-order valence-corrected chi connectivity index (χ0v) is 26.5. The molecule has 228 valence electrons. The van der Waals surface area contributed by atoms with Crippen LogP contribution in [0.2, 0.25) is 0 Å². The lowest BCUT2D eigenvalue weighted by Crippen LogP contribution is -1.95. The van der Waals surface area contributed by atoms with Gasteiger partial charge in [-0.15, -0.1) is 0 Å². The van der Waals surface area contributed by atoms with Crippen LogP contribution in [-0.2, 0) is 0 Å². The molecule has 0 saturated heterocycles. The maximum atomic E-state index is 6.20. The molecule has 0 fully saturated rings. The van der Waals surface area contributed by atoms with Gasteiger partial charge in [-0.1, -0.05) is 109 Å². The predicted molar refractivity (Wildman–Crippen MR) is 205 cm³/mol. The molecule has 49 heavy (non-hydrogen) atoms. The molecule has 0 atom stereocenters. The second-order valence-electron chi connectivity index (χ2n) is 12.9. The highest BCUT2D eigenvalue weighted by Gasteiger charge is 2.21. The van der Waals surface area contributed by atoms with Crippen molar-refractivity contribution in [3.63, 3.8) is 0 Å². The zero-order chi connectivity index (χ0) is 32.1. The van der Waals surface area contributed by atoms with Gasteiger partial charge in [0.2, 0.25) is 0 Å². The van der Waals surface area contributed by atoms with Crippen LogP contribution in [0.15, 0.2) is 174 Å². The van der Waals surface area contributed by atoms with Crippen LogP contribution in [0.25, 0.3) is 98.8 Å². The Hall–Kier alpha value is -6.58. The van der Waals surface area contributed by atoms with Gasteiger partial charge in [-0.25, -0.2) is 0 Å². The normalized spacial score (nSPS) is 12.1. The third kappa shape index (κ3) is 3.73. The average Bonchev–Trinajstić information content (AvgIpc) is 3.82. The van der Waals surface area contributed by atoms with E-state index in [0.29, 0.717) is 0 Å². The lowest BCUT2D eigenvalue weighted by Gasteiger charge is -2.11. The van der Waals surface area contributed by atoms with E-state index in [9.17, 15) is 0 Å². The first-order valence-corrected chi connectivity index (χ1v) is 16.8. The standard InChI is InChI=1S/C46H28N2O/c1-2-11-31-28-33(25-20-29(31)10-1)48-39-17-7-4-13-36(39)46-41(48)27-26-40-45(46)35-12-3-6-16-38(35)47(40)32-23-21-30(22-24-32)34-15-9-19-43-44(34)37-14-5-8-18-42(37)49-43/h1-28H. The number of para-hydroxylation sites is 3. The number of fused-ring (bicyclic) bond motifs is 11. The molecule has 0 N–H and O–H groups in total. The molecule has 11 aromatic rings. The molecule has 0 saturated carbocycles. The third-order valence-corrected chi connectivity index (χ3v) is 10.3. The Morgan fingerprint density at radius 3 is 1.65 bits per heavy atom. The van der Waals surface area contributed by atoms with Crippen LogP contribution in [0.5, 0.6) is 0 Å². The van der Waals surface area contributed by atoms with Crippen LogP contribution in [0.1, 0.15) is 0 Å². The summed E-state index contributed by atoms with van der Waals surface area (Å²) in [6.07, 6.45) is 0. The van der Waals surface area contributed by atoms with E-state index in [1.54, 1.807) is 0 Å². The van der Waals surface area contributed by atoms with Gasteiger partial charge in [0.1, 0.15) is 11.2 Å². The molecule has 0 spiro atoms. The Balaban J connectivity index is 1.15. The number of furan rings is 1. The minimum absolute atomic E-state index is 0.914. The number of hydrogen-bond acceptors (Lipinski definition) is 1. The summed E-state index contributed by atoms with van der Waals surface area (Å²) in [5, 5.41) is 9.87. The van der Waals surface area contributed by atoms with Crippen LogP contribution in [0.4, 0.5) is 0 Å². The first kappa shape index (κ1) is 26.5. The van der Waals surface area contributed by atoms with Crippen molar-refractivity contribution in [1.29, 1.82) is 0 Å². The summed E-state index contributed by atoms with van der Waals surface area (Å²) in [5.41, 5.74) is 11.3.